The van der Waals surface area contributed by atoms with Crippen molar-refractivity contribution in [2.24, 2.45) is 5.73 Å². The number of nitrogens with two attached hydrogens (primary N) is 2. The van der Waals surface area contributed by atoms with Crippen molar-refractivity contribution in [1.82, 2.24) is 9.78 Å². The van der Waals surface area contributed by atoms with Crippen LogP contribution in [0.25, 0.3) is 0 Å². The van der Waals surface area contributed by atoms with E-state index in [0.29, 0.717) is 6.54 Å². The van der Waals surface area contributed by atoms with Crippen LogP contribution < -0.4 is 11.5 Å². The number of carbonyl (C=O) groups excluding carboxylic acids is 1. The molecule has 1 aromatic carbocycles. The summed E-state index contributed by atoms with van der Waals surface area (Å²) in [6, 6.07) is 5.95. The standard InChI is InChI=1S/C11H11FN4O/c12-8-3-1-7(2-4-8)6-16-10(13)9(5-15-16)11(14)17/h1-5H,6,13H2,(H2,14,17). The zero-order chi connectivity index (χ0) is 12.4. The molecule has 4 N–H and O–H groups in total. The summed E-state index contributed by atoms with van der Waals surface area (Å²) in [7, 11) is 0. The Hall–Kier alpha value is -2.37. The van der Waals surface area contributed by atoms with Gasteiger partial charge in [-0.3, -0.25) is 4.79 Å². The van der Waals surface area contributed by atoms with Gasteiger partial charge in [0, 0.05) is 0 Å². The molecule has 5 nitrogen and oxygen atoms in total. The summed E-state index contributed by atoms with van der Waals surface area (Å²) in [5.74, 6) is -0.713. The maximum atomic E-state index is 12.7. The Morgan fingerprint density at radius 1 is 1.35 bits per heavy atom. The van der Waals surface area contributed by atoms with Crippen LogP contribution in [0, 0.1) is 5.82 Å². The number of carbonyl (C=O) groups is 1. The Labute approximate surface area is 96.8 Å². The molecule has 2 aromatic rings. The van der Waals surface area contributed by atoms with Crippen molar-refractivity contribution in [2.75, 3.05) is 5.73 Å². The van der Waals surface area contributed by atoms with E-state index in [1.165, 1.54) is 23.0 Å². The lowest BCUT2D eigenvalue weighted by molar-refractivity contribution is 0.100. The van der Waals surface area contributed by atoms with Crippen LogP contribution >= 0.6 is 0 Å². The molecule has 1 amide bonds. The van der Waals surface area contributed by atoms with Gasteiger partial charge in [-0.25, -0.2) is 9.07 Å². The predicted octanol–water partition coefficient (Wildman–Crippen LogP) is 0.752. The normalized spacial score (nSPS) is 10.4. The minimum Gasteiger partial charge on any atom is -0.383 e. The topological polar surface area (TPSA) is 86.9 Å². The van der Waals surface area contributed by atoms with Crippen LogP contribution in [0.3, 0.4) is 0 Å². The number of anilines is 1. The van der Waals surface area contributed by atoms with E-state index in [9.17, 15) is 9.18 Å². The highest BCUT2D eigenvalue weighted by Crippen LogP contribution is 2.12. The number of halogens is 1. The number of hydrogen-bond acceptors (Lipinski definition) is 3. The molecule has 0 atom stereocenters. The fourth-order valence-electron chi connectivity index (χ4n) is 1.47. The van der Waals surface area contributed by atoms with Crippen LogP contribution in [0.4, 0.5) is 10.2 Å². The van der Waals surface area contributed by atoms with E-state index in [-0.39, 0.29) is 17.2 Å². The zero-order valence-electron chi connectivity index (χ0n) is 8.93. The summed E-state index contributed by atoms with van der Waals surface area (Å²) < 4.78 is 14.1. The van der Waals surface area contributed by atoms with Gasteiger partial charge in [0.1, 0.15) is 17.2 Å². The lowest BCUT2D eigenvalue weighted by Gasteiger charge is -2.04. The van der Waals surface area contributed by atoms with Gasteiger partial charge in [0.15, 0.2) is 0 Å². The lowest BCUT2D eigenvalue weighted by atomic mass is 10.2. The van der Waals surface area contributed by atoms with Crippen LogP contribution in [0.5, 0.6) is 0 Å². The SMILES string of the molecule is NC(=O)c1cnn(Cc2ccc(F)cc2)c1N. The van der Waals surface area contributed by atoms with Gasteiger partial charge in [0.05, 0.1) is 12.7 Å². The molecule has 0 spiro atoms. The molecule has 0 radical (unpaired) electrons. The van der Waals surface area contributed by atoms with E-state index in [1.54, 1.807) is 12.1 Å². The van der Waals surface area contributed by atoms with Crippen molar-refractivity contribution in [3.05, 3.63) is 47.4 Å². The van der Waals surface area contributed by atoms with Crippen LogP contribution in [0.2, 0.25) is 0 Å². The minimum atomic E-state index is -0.618. The Morgan fingerprint density at radius 2 is 2.00 bits per heavy atom. The number of nitrogen functional groups attached to an aromatic ring is 1. The second-order valence-corrected chi connectivity index (χ2v) is 3.59. The fourth-order valence-corrected chi connectivity index (χ4v) is 1.47. The molecular formula is C11H11FN4O. The van der Waals surface area contributed by atoms with E-state index < -0.39 is 5.91 Å². The van der Waals surface area contributed by atoms with Crippen molar-refractivity contribution in [2.45, 2.75) is 6.54 Å². The molecule has 0 bridgehead atoms. The van der Waals surface area contributed by atoms with Crippen molar-refractivity contribution >= 4 is 11.7 Å². The summed E-state index contributed by atoms with van der Waals surface area (Å²) in [6.45, 7) is 0.361. The van der Waals surface area contributed by atoms with Crippen molar-refractivity contribution < 1.29 is 9.18 Å². The largest absolute Gasteiger partial charge is 0.383 e. The third-order valence-corrected chi connectivity index (χ3v) is 2.39. The highest BCUT2D eigenvalue weighted by Gasteiger charge is 2.11. The molecule has 2 rings (SSSR count). The van der Waals surface area contributed by atoms with Crippen LogP contribution in [-0.4, -0.2) is 15.7 Å². The van der Waals surface area contributed by atoms with Gasteiger partial charge in [-0.05, 0) is 17.7 Å². The van der Waals surface area contributed by atoms with Gasteiger partial charge in [-0.2, -0.15) is 5.10 Å². The molecule has 0 saturated heterocycles. The van der Waals surface area contributed by atoms with Gasteiger partial charge in [-0.15, -0.1) is 0 Å². The molecule has 0 unspecified atom stereocenters. The van der Waals surface area contributed by atoms with E-state index in [0.717, 1.165) is 5.56 Å². The summed E-state index contributed by atoms with van der Waals surface area (Å²) in [5.41, 5.74) is 11.8. The molecule has 0 fully saturated rings. The molecule has 0 saturated carbocycles. The smallest absolute Gasteiger partial charge is 0.254 e. The Balaban J connectivity index is 2.24. The van der Waals surface area contributed by atoms with Crippen molar-refractivity contribution in [3.8, 4) is 0 Å². The lowest BCUT2D eigenvalue weighted by Crippen LogP contribution is -2.14. The van der Waals surface area contributed by atoms with Gasteiger partial charge in [0.2, 0.25) is 0 Å². The molecule has 6 heteroatoms. The average molecular weight is 234 g/mol. The highest BCUT2D eigenvalue weighted by molar-refractivity contribution is 5.96. The van der Waals surface area contributed by atoms with E-state index in [2.05, 4.69) is 5.10 Å². The molecule has 0 aliphatic heterocycles. The molecule has 0 aliphatic carbocycles. The summed E-state index contributed by atoms with van der Waals surface area (Å²) in [4.78, 5) is 11.0. The number of nitrogens with zero attached hydrogens (tertiary/aromatic N) is 2. The number of amides is 1. The number of hydrogen-bond donors (Lipinski definition) is 2. The van der Waals surface area contributed by atoms with Crippen LogP contribution in [-0.2, 0) is 6.54 Å². The minimum absolute atomic E-state index is 0.187. The summed E-state index contributed by atoms with van der Waals surface area (Å²) in [5, 5.41) is 3.95. The van der Waals surface area contributed by atoms with Gasteiger partial charge in [0.25, 0.3) is 5.91 Å². The number of benzene rings is 1. The summed E-state index contributed by atoms with van der Waals surface area (Å²) >= 11 is 0. The van der Waals surface area contributed by atoms with Crippen molar-refractivity contribution in [1.29, 1.82) is 0 Å². The van der Waals surface area contributed by atoms with E-state index in [4.69, 9.17) is 11.5 Å². The second kappa shape index (κ2) is 4.25. The Morgan fingerprint density at radius 3 is 2.53 bits per heavy atom. The van der Waals surface area contributed by atoms with Gasteiger partial charge < -0.3 is 11.5 Å². The molecule has 1 heterocycles. The maximum absolute atomic E-state index is 12.7. The number of rotatable bonds is 3. The fraction of sp³-hybridized carbons (Fsp3) is 0.0909. The first kappa shape index (κ1) is 11.1. The second-order valence-electron chi connectivity index (χ2n) is 3.59. The quantitative estimate of drug-likeness (QED) is 0.821. The van der Waals surface area contributed by atoms with Gasteiger partial charge >= 0.3 is 0 Å². The molecular weight excluding hydrogens is 223 g/mol. The number of aromatic nitrogens is 2. The first-order valence-electron chi connectivity index (χ1n) is 4.93. The van der Waals surface area contributed by atoms with E-state index in [1.807, 2.05) is 0 Å². The van der Waals surface area contributed by atoms with Gasteiger partial charge in [-0.1, -0.05) is 12.1 Å². The third kappa shape index (κ3) is 2.25. The zero-order valence-corrected chi connectivity index (χ0v) is 8.93. The van der Waals surface area contributed by atoms with Crippen LogP contribution in [0.15, 0.2) is 30.5 Å². The Kier molecular flexibility index (Phi) is 2.78. The Bertz CT molecular complexity index is 547. The first-order valence-corrected chi connectivity index (χ1v) is 4.93. The molecule has 1 aromatic heterocycles. The van der Waals surface area contributed by atoms with Crippen molar-refractivity contribution in [3.63, 3.8) is 0 Å². The highest BCUT2D eigenvalue weighted by atomic mass is 19.1. The third-order valence-electron chi connectivity index (χ3n) is 2.39. The number of primary amides is 1. The maximum Gasteiger partial charge on any atom is 0.254 e. The van der Waals surface area contributed by atoms with E-state index >= 15 is 0 Å². The predicted molar refractivity (Wildman–Crippen MR) is 60.7 cm³/mol. The first-order chi connectivity index (χ1) is 8.08. The molecule has 88 valence electrons. The average Bonchev–Trinajstić information content (AvgIpc) is 2.64. The molecule has 17 heavy (non-hydrogen) atoms. The monoisotopic (exact) mass is 234 g/mol. The van der Waals surface area contributed by atoms with Crippen LogP contribution in [0.1, 0.15) is 15.9 Å². The summed E-state index contributed by atoms with van der Waals surface area (Å²) in [6.07, 6.45) is 1.32. The molecule has 0 aliphatic rings.